The molecule has 3 rings (SSSR count). The van der Waals surface area contributed by atoms with Gasteiger partial charge in [-0.05, 0) is 56.2 Å². The Hall–Kier alpha value is -3.12. The van der Waals surface area contributed by atoms with Gasteiger partial charge in [0.25, 0.3) is 5.91 Å². The van der Waals surface area contributed by atoms with Gasteiger partial charge in [-0.15, -0.1) is 0 Å². The summed E-state index contributed by atoms with van der Waals surface area (Å²) in [6.45, 7) is 5.98. The molecule has 1 amide bonds. The van der Waals surface area contributed by atoms with E-state index in [1.54, 1.807) is 43.3 Å². The summed E-state index contributed by atoms with van der Waals surface area (Å²) in [7, 11) is 0. The molecule has 34 heavy (non-hydrogen) atoms. The predicted octanol–water partition coefficient (Wildman–Crippen LogP) is 4.10. The average Bonchev–Trinajstić information content (AvgIpc) is 2.80. The lowest BCUT2D eigenvalue weighted by Gasteiger charge is -2.37. The van der Waals surface area contributed by atoms with Crippen molar-refractivity contribution in [3.63, 3.8) is 0 Å². The van der Waals surface area contributed by atoms with Crippen LogP contribution in [0.4, 0.5) is 0 Å². The van der Waals surface area contributed by atoms with Crippen molar-refractivity contribution in [1.29, 1.82) is 5.26 Å². The third-order valence-electron chi connectivity index (χ3n) is 5.45. The minimum atomic E-state index is -1.66. The Bertz CT molecular complexity index is 1110. The fourth-order valence-corrected chi connectivity index (χ4v) is 3.74. The monoisotopic (exact) mass is 484 g/mol. The molecule has 1 aliphatic heterocycles. The van der Waals surface area contributed by atoms with Crippen molar-refractivity contribution < 1.29 is 19.4 Å². The van der Waals surface area contributed by atoms with Crippen molar-refractivity contribution in [3.8, 4) is 17.6 Å². The van der Waals surface area contributed by atoms with Gasteiger partial charge in [0, 0.05) is 24.8 Å². The fourth-order valence-electron chi connectivity index (χ4n) is 3.50. The Labute approximate surface area is 204 Å². The molecule has 180 valence electrons. The molecule has 1 heterocycles. The maximum absolute atomic E-state index is 11.3. The molecule has 0 saturated carbocycles. The SMILES string of the molecule is CC[C@@](O)(NC(C)(C)CCOc1ccc(C2=NNC(=O)CC2)cc1Cl)Oc1ccccc1C#N. The van der Waals surface area contributed by atoms with E-state index in [9.17, 15) is 15.2 Å². The van der Waals surface area contributed by atoms with Gasteiger partial charge in [-0.25, -0.2) is 5.43 Å². The van der Waals surface area contributed by atoms with Gasteiger partial charge in [0.1, 0.15) is 17.6 Å². The van der Waals surface area contributed by atoms with Crippen LogP contribution in [0.3, 0.4) is 0 Å². The first kappa shape index (κ1) is 25.5. The second-order valence-corrected chi connectivity index (χ2v) is 9.10. The van der Waals surface area contributed by atoms with E-state index in [4.69, 9.17) is 21.1 Å². The molecule has 0 unspecified atom stereocenters. The topological polar surface area (TPSA) is 116 Å². The number of amides is 1. The number of carbonyl (C=O) groups is 1. The zero-order chi connectivity index (χ0) is 24.8. The molecule has 9 heteroatoms. The number of nitrogens with zero attached hydrogens (tertiary/aromatic N) is 2. The lowest BCUT2D eigenvalue weighted by molar-refractivity contribution is -0.180. The van der Waals surface area contributed by atoms with Gasteiger partial charge in [-0.3, -0.25) is 10.1 Å². The predicted molar refractivity (Wildman–Crippen MR) is 130 cm³/mol. The molecular weight excluding hydrogens is 456 g/mol. The maximum Gasteiger partial charge on any atom is 0.268 e. The number of benzene rings is 2. The first-order chi connectivity index (χ1) is 16.1. The van der Waals surface area contributed by atoms with Gasteiger partial charge >= 0.3 is 0 Å². The summed E-state index contributed by atoms with van der Waals surface area (Å²) in [5.74, 6) is -0.915. The molecule has 0 aliphatic carbocycles. The third-order valence-corrected chi connectivity index (χ3v) is 5.75. The van der Waals surface area contributed by atoms with Crippen LogP contribution in [-0.4, -0.2) is 34.8 Å². The fraction of sp³-hybridized carbons (Fsp3) is 0.400. The van der Waals surface area contributed by atoms with Gasteiger partial charge in [-0.1, -0.05) is 30.7 Å². The van der Waals surface area contributed by atoms with Crippen LogP contribution in [0.5, 0.6) is 11.5 Å². The first-order valence-corrected chi connectivity index (χ1v) is 11.5. The molecule has 2 aromatic rings. The van der Waals surface area contributed by atoms with E-state index < -0.39 is 11.4 Å². The number of halogens is 1. The minimum Gasteiger partial charge on any atom is -0.492 e. The highest BCUT2D eigenvalue weighted by molar-refractivity contribution is 6.32. The van der Waals surface area contributed by atoms with Crippen molar-refractivity contribution in [2.24, 2.45) is 5.10 Å². The Morgan fingerprint density at radius 3 is 2.65 bits per heavy atom. The van der Waals surface area contributed by atoms with E-state index in [0.717, 1.165) is 11.3 Å². The molecule has 1 atom stereocenters. The Kier molecular flexibility index (Phi) is 8.15. The van der Waals surface area contributed by atoms with Crippen molar-refractivity contribution in [2.75, 3.05) is 6.61 Å². The van der Waals surface area contributed by atoms with E-state index in [0.29, 0.717) is 48.0 Å². The number of hydrogen-bond acceptors (Lipinski definition) is 7. The second-order valence-electron chi connectivity index (χ2n) is 8.69. The summed E-state index contributed by atoms with van der Waals surface area (Å²) in [6.07, 6.45) is 1.75. The van der Waals surface area contributed by atoms with Crippen LogP contribution in [-0.2, 0) is 4.79 Å². The van der Waals surface area contributed by atoms with E-state index in [2.05, 4.69) is 21.9 Å². The standard InChI is InChI=1S/C25H29ClN4O4/c1-4-25(32,34-21-8-6-5-7-18(21)16-27)30-24(2,3)13-14-33-22-11-9-17(15-19(22)26)20-10-12-23(31)29-28-20/h5-9,11,15,30,32H,4,10,12-14H2,1-3H3,(H,29,31)/t25-/m0/s1. The highest BCUT2D eigenvalue weighted by Crippen LogP contribution is 2.28. The Morgan fingerprint density at radius 1 is 1.24 bits per heavy atom. The number of hydrazone groups is 1. The van der Waals surface area contributed by atoms with Crippen LogP contribution >= 0.6 is 11.6 Å². The van der Waals surface area contributed by atoms with Crippen LogP contribution in [0.25, 0.3) is 0 Å². The minimum absolute atomic E-state index is 0.0966. The summed E-state index contributed by atoms with van der Waals surface area (Å²) in [6, 6.07) is 14.2. The van der Waals surface area contributed by atoms with E-state index >= 15 is 0 Å². The number of rotatable bonds is 10. The molecule has 0 radical (unpaired) electrons. The number of ether oxygens (including phenoxy) is 2. The molecular formula is C25H29ClN4O4. The van der Waals surface area contributed by atoms with Crippen LogP contribution in [0.1, 0.15) is 57.6 Å². The first-order valence-electron chi connectivity index (χ1n) is 11.1. The number of para-hydroxylation sites is 1. The molecule has 1 aliphatic rings. The van der Waals surface area contributed by atoms with Crippen molar-refractivity contribution >= 4 is 23.2 Å². The largest absolute Gasteiger partial charge is 0.492 e. The highest BCUT2D eigenvalue weighted by Gasteiger charge is 2.34. The van der Waals surface area contributed by atoms with Gasteiger partial charge in [0.05, 0.1) is 22.9 Å². The van der Waals surface area contributed by atoms with E-state index in [1.165, 1.54) is 0 Å². The Morgan fingerprint density at radius 2 is 2.00 bits per heavy atom. The van der Waals surface area contributed by atoms with Crippen LogP contribution < -0.4 is 20.2 Å². The smallest absolute Gasteiger partial charge is 0.268 e. The number of nitriles is 1. The maximum atomic E-state index is 11.3. The number of nitrogens with one attached hydrogen (secondary N) is 2. The van der Waals surface area contributed by atoms with Crippen molar-refractivity contribution in [2.45, 2.75) is 57.9 Å². The molecule has 0 bridgehead atoms. The third kappa shape index (κ3) is 6.70. The lowest BCUT2D eigenvalue weighted by atomic mass is 10.00. The molecule has 0 fully saturated rings. The molecule has 2 aromatic carbocycles. The number of hydrogen-bond donors (Lipinski definition) is 3. The zero-order valence-electron chi connectivity index (χ0n) is 19.5. The molecule has 0 saturated heterocycles. The number of carbonyl (C=O) groups excluding carboxylic acids is 1. The van der Waals surface area contributed by atoms with E-state index in [1.807, 2.05) is 19.9 Å². The van der Waals surface area contributed by atoms with Gasteiger partial charge in [0.15, 0.2) is 0 Å². The normalized spacial score (nSPS) is 15.5. The quantitative estimate of drug-likeness (QED) is 0.437. The molecule has 0 spiro atoms. The second kappa shape index (κ2) is 10.9. The molecule has 8 nitrogen and oxygen atoms in total. The van der Waals surface area contributed by atoms with Crippen molar-refractivity contribution in [3.05, 3.63) is 58.6 Å². The van der Waals surface area contributed by atoms with E-state index in [-0.39, 0.29) is 12.3 Å². The molecule has 0 aromatic heterocycles. The lowest BCUT2D eigenvalue weighted by Crippen LogP contribution is -2.59. The summed E-state index contributed by atoms with van der Waals surface area (Å²) in [5, 5.41) is 28.0. The van der Waals surface area contributed by atoms with Gasteiger partial charge in [0.2, 0.25) is 5.91 Å². The summed E-state index contributed by atoms with van der Waals surface area (Å²) >= 11 is 6.41. The van der Waals surface area contributed by atoms with Crippen LogP contribution in [0, 0.1) is 11.3 Å². The summed E-state index contributed by atoms with van der Waals surface area (Å²) in [5.41, 5.74) is 3.87. The summed E-state index contributed by atoms with van der Waals surface area (Å²) in [4.78, 5) is 11.3. The average molecular weight is 485 g/mol. The Balaban J connectivity index is 1.59. The van der Waals surface area contributed by atoms with Crippen molar-refractivity contribution in [1.82, 2.24) is 10.7 Å². The van der Waals surface area contributed by atoms with Crippen LogP contribution in [0.15, 0.2) is 47.6 Å². The number of aliphatic hydroxyl groups is 1. The van der Waals surface area contributed by atoms with Crippen LogP contribution in [0.2, 0.25) is 5.02 Å². The zero-order valence-corrected chi connectivity index (χ0v) is 20.3. The highest BCUT2D eigenvalue weighted by atomic mass is 35.5. The van der Waals surface area contributed by atoms with Gasteiger partial charge < -0.3 is 14.6 Å². The van der Waals surface area contributed by atoms with Gasteiger partial charge in [-0.2, -0.15) is 10.4 Å². The molecule has 3 N–H and O–H groups in total. The summed E-state index contributed by atoms with van der Waals surface area (Å²) < 4.78 is 11.7.